The van der Waals surface area contributed by atoms with E-state index in [1.54, 1.807) is 30.1 Å². The Kier molecular flexibility index (Phi) is 6.82. The van der Waals surface area contributed by atoms with Crippen LogP contribution in [0.3, 0.4) is 0 Å². The fourth-order valence-electron chi connectivity index (χ4n) is 1.62. The zero-order valence-corrected chi connectivity index (χ0v) is 13.1. The number of rotatable bonds is 6. The molecule has 0 aliphatic heterocycles. The Morgan fingerprint density at radius 1 is 1.20 bits per heavy atom. The molecule has 0 bridgehead atoms. The molecule has 6 heteroatoms. The van der Waals surface area contributed by atoms with Gasteiger partial charge in [-0.2, -0.15) is 0 Å². The topological polar surface area (TPSA) is 49.4 Å². The Bertz CT molecular complexity index is 472. The smallest absolute Gasteiger partial charge is 0.233 e. The Morgan fingerprint density at radius 3 is 2.35 bits per heavy atom. The van der Waals surface area contributed by atoms with Gasteiger partial charge in [-0.1, -0.05) is 36.5 Å². The van der Waals surface area contributed by atoms with Gasteiger partial charge in [0, 0.05) is 29.3 Å². The lowest BCUT2D eigenvalue weighted by molar-refractivity contribution is -0.133. The third-order valence-corrected chi connectivity index (χ3v) is 3.17. The zero-order valence-electron chi connectivity index (χ0n) is 11.6. The van der Waals surface area contributed by atoms with Gasteiger partial charge in [0.1, 0.15) is 6.42 Å². The van der Waals surface area contributed by atoms with Crippen molar-refractivity contribution in [3.8, 4) is 0 Å². The first kappa shape index (κ1) is 16.8. The average Bonchev–Trinajstić information content (AvgIpc) is 2.34. The summed E-state index contributed by atoms with van der Waals surface area (Å²) in [5.41, 5.74) is 0.483. The molecule has 0 heterocycles. The van der Waals surface area contributed by atoms with E-state index >= 15 is 0 Å². The molecular weight excluding hydrogens is 299 g/mol. The fourth-order valence-corrected chi connectivity index (χ4v) is 2.15. The molecule has 0 atom stereocenters. The average molecular weight is 317 g/mol. The Hall–Kier alpha value is -1.26. The maximum atomic E-state index is 11.8. The quantitative estimate of drug-likeness (QED) is 0.815. The summed E-state index contributed by atoms with van der Waals surface area (Å²) >= 11 is 11.7. The van der Waals surface area contributed by atoms with Crippen LogP contribution in [-0.4, -0.2) is 30.3 Å². The molecule has 1 rings (SSSR count). The molecule has 1 aromatic carbocycles. The Labute approximate surface area is 129 Å². The standard InChI is InChI=1S/C14H18Cl2N2O2/c1-3-4-5-18(2)14(20)9-13(19)17-12-7-10(15)6-11(16)8-12/h6-8H,3-5,9H2,1-2H3,(H,17,19). The number of carbonyl (C=O) groups is 2. The summed E-state index contributed by atoms with van der Waals surface area (Å²) in [5, 5.41) is 3.47. The molecule has 2 amide bonds. The van der Waals surface area contributed by atoms with Gasteiger partial charge in [-0.05, 0) is 24.6 Å². The first-order valence-electron chi connectivity index (χ1n) is 6.42. The number of halogens is 2. The number of carbonyl (C=O) groups excluding carboxylic acids is 2. The summed E-state index contributed by atoms with van der Waals surface area (Å²) in [4.78, 5) is 25.1. The zero-order chi connectivity index (χ0) is 15.1. The third kappa shape index (κ3) is 5.80. The largest absolute Gasteiger partial charge is 0.345 e. The summed E-state index contributed by atoms with van der Waals surface area (Å²) in [6.07, 6.45) is 1.74. The van der Waals surface area contributed by atoms with Crippen LogP contribution in [0.2, 0.25) is 10.0 Å². The van der Waals surface area contributed by atoms with E-state index in [1.807, 2.05) is 6.92 Å². The van der Waals surface area contributed by atoms with E-state index in [2.05, 4.69) is 5.32 Å². The second-order valence-corrected chi connectivity index (χ2v) is 5.42. The van der Waals surface area contributed by atoms with Gasteiger partial charge in [-0.25, -0.2) is 0 Å². The van der Waals surface area contributed by atoms with Crippen molar-refractivity contribution in [2.75, 3.05) is 18.9 Å². The summed E-state index contributed by atoms with van der Waals surface area (Å²) in [7, 11) is 1.70. The first-order valence-corrected chi connectivity index (χ1v) is 7.18. The molecular formula is C14H18Cl2N2O2. The molecule has 1 N–H and O–H groups in total. The maximum absolute atomic E-state index is 11.8. The van der Waals surface area contributed by atoms with Gasteiger partial charge in [-0.3, -0.25) is 9.59 Å². The highest BCUT2D eigenvalue weighted by Crippen LogP contribution is 2.22. The molecule has 0 saturated heterocycles. The Morgan fingerprint density at radius 2 is 1.80 bits per heavy atom. The van der Waals surface area contributed by atoms with E-state index in [-0.39, 0.29) is 18.2 Å². The van der Waals surface area contributed by atoms with Crippen LogP contribution in [0.15, 0.2) is 18.2 Å². The van der Waals surface area contributed by atoms with Crippen molar-refractivity contribution in [2.45, 2.75) is 26.2 Å². The molecule has 0 aromatic heterocycles. The number of anilines is 1. The normalized spacial score (nSPS) is 10.2. The van der Waals surface area contributed by atoms with E-state index in [9.17, 15) is 9.59 Å². The summed E-state index contributed by atoms with van der Waals surface area (Å²) in [6, 6.07) is 4.73. The second-order valence-electron chi connectivity index (χ2n) is 4.55. The lowest BCUT2D eigenvalue weighted by Gasteiger charge is -2.16. The SMILES string of the molecule is CCCCN(C)C(=O)CC(=O)Nc1cc(Cl)cc(Cl)c1. The minimum Gasteiger partial charge on any atom is -0.345 e. The van der Waals surface area contributed by atoms with Crippen LogP contribution in [0, 0.1) is 0 Å². The van der Waals surface area contributed by atoms with Crippen LogP contribution >= 0.6 is 23.2 Å². The number of nitrogens with one attached hydrogen (secondary N) is 1. The highest BCUT2D eigenvalue weighted by molar-refractivity contribution is 6.35. The van der Waals surface area contributed by atoms with E-state index in [1.165, 1.54) is 0 Å². The molecule has 0 aliphatic carbocycles. The number of benzene rings is 1. The van der Waals surface area contributed by atoms with Gasteiger partial charge in [0.05, 0.1) is 0 Å². The minimum absolute atomic E-state index is 0.190. The van der Waals surface area contributed by atoms with E-state index in [0.29, 0.717) is 22.3 Å². The van der Waals surface area contributed by atoms with Crippen LogP contribution in [0.5, 0.6) is 0 Å². The number of amides is 2. The van der Waals surface area contributed by atoms with E-state index in [4.69, 9.17) is 23.2 Å². The maximum Gasteiger partial charge on any atom is 0.233 e. The van der Waals surface area contributed by atoms with Crippen molar-refractivity contribution in [3.63, 3.8) is 0 Å². The second kappa shape index (κ2) is 8.12. The van der Waals surface area contributed by atoms with Gasteiger partial charge in [-0.15, -0.1) is 0 Å². The molecule has 0 fully saturated rings. The van der Waals surface area contributed by atoms with Crippen LogP contribution < -0.4 is 5.32 Å². The lowest BCUT2D eigenvalue weighted by atomic mass is 10.2. The minimum atomic E-state index is -0.378. The van der Waals surface area contributed by atoms with Crippen LogP contribution in [0.4, 0.5) is 5.69 Å². The Balaban J connectivity index is 2.52. The number of hydrogen-bond acceptors (Lipinski definition) is 2. The van der Waals surface area contributed by atoms with E-state index < -0.39 is 0 Å². The monoisotopic (exact) mass is 316 g/mol. The molecule has 0 saturated carbocycles. The van der Waals surface area contributed by atoms with Gasteiger partial charge < -0.3 is 10.2 Å². The third-order valence-electron chi connectivity index (χ3n) is 2.73. The molecule has 0 radical (unpaired) electrons. The summed E-state index contributed by atoms with van der Waals surface area (Å²) in [6.45, 7) is 2.71. The number of hydrogen-bond donors (Lipinski definition) is 1. The molecule has 0 aliphatic rings. The van der Waals surface area contributed by atoms with Crippen LogP contribution in [0.25, 0.3) is 0 Å². The van der Waals surface area contributed by atoms with Crippen molar-refractivity contribution < 1.29 is 9.59 Å². The molecule has 4 nitrogen and oxygen atoms in total. The molecule has 20 heavy (non-hydrogen) atoms. The first-order chi connectivity index (χ1) is 9.42. The number of unbranched alkanes of at least 4 members (excludes halogenated alkanes) is 1. The molecule has 110 valence electrons. The number of nitrogens with zero attached hydrogens (tertiary/aromatic N) is 1. The van der Waals surface area contributed by atoms with Gasteiger partial charge in [0.15, 0.2) is 0 Å². The van der Waals surface area contributed by atoms with Gasteiger partial charge >= 0.3 is 0 Å². The predicted octanol–water partition coefficient (Wildman–Crippen LogP) is 3.58. The molecule has 0 spiro atoms. The van der Waals surface area contributed by atoms with E-state index in [0.717, 1.165) is 12.8 Å². The van der Waals surface area contributed by atoms with Crippen molar-refractivity contribution in [3.05, 3.63) is 28.2 Å². The summed E-state index contributed by atoms with van der Waals surface area (Å²) in [5.74, 6) is -0.583. The van der Waals surface area contributed by atoms with Crippen molar-refractivity contribution >= 4 is 40.7 Å². The molecule has 1 aromatic rings. The fraction of sp³-hybridized carbons (Fsp3) is 0.429. The van der Waals surface area contributed by atoms with Crippen molar-refractivity contribution in [1.29, 1.82) is 0 Å². The van der Waals surface area contributed by atoms with Gasteiger partial charge in [0.2, 0.25) is 11.8 Å². The highest BCUT2D eigenvalue weighted by atomic mass is 35.5. The predicted molar refractivity (Wildman–Crippen MR) is 82.3 cm³/mol. The van der Waals surface area contributed by atoms with Crippen molar-refractivity contribution in [1.82, 2.24) is 4.90 Å². The lowest BCUT2D eigenvalue weighted by Crippen LogP contribution is -2.31. The highest BCUT2D eigenvalue weighted by Gasteiger charge is 2.14. The van der Waals surface area contributed by atoms with Gasteiger partial charge in [0.25, 0.3) is 0 Å². The van der Waals surface area contributed by atoms with Crippen molar-refractivity contribution in [2.24, 2.45) is 0 Å². The molecule has 0 unspecified atom stereocenters. The van der Waals surface area contributed by atoms with Crippen LogP contribution in [0.1, 0.15) is 26.2 Å². The summed E-state index contributed by atoms with van der Waals surface area (Å²) < 4.78 is 0. The van der Waals surface area contributed by atoms with Crippen LogP contribution in [-0.2, 0) is 9.59 Å².